The Bertz CT molecular complexity index is 193. The second-order valence-corrected chi connectivity index (χ2v) is 2.75. The highest BCUT2D eigenvalue weighted by molar-refractivity contribution is 6.09. The van der Waals surface area contributed by atoms with Crippen LogP contribution in [0.15, 0.2) is 0 Å². The van der Waals surface area contributed by atoms with Gasteiger partial charge in [0.1, 0.15) is 0 Å². The van der Waals surface area contributed by atoms with E-state index >= 15 is 0 Å². The van der Waals surface area contributed by atoms with Gasteiger partial charge in [-0.1, -0.05) is 0 Å². The molecule has 4 nitrogen and oxygen atoms in total. The number of aliphatic hydroxyl groups is 1. The Labute approximate surface area is 57.2 Å². The highest BCUT2D eigenvalue weighted by Crippen LogP contribution is 2.49. The highest BCUT2D eigenvalue weighted by Gasteiger charge is 2.63. The Morgan fingerprint density at radius 2 is 1.80 bits per heavy atom. The van der Waals surface area contributed by atoms with Crippen LogP contribution in [0.1, 0.15) is 0 Å². The summed E-state index contributed by atoms with van der Waals surface area (Å²) in [4.78, 5) is 21.5. The molecule has 1 saturated carbocycles. The predicted molar refractivity (Wildman–Crippen MR) is 30.7 cm³/mol. The first-order chi connectivity index (χ1) is 4.75. The third-order valence-corrected chi connectivity index (χ3v) is 2.23. The van der Waals surface area contributed by atoms with E-state index in [0.717, 1.165) is 0 Å². The van der Waals surface area contributed by atoms with Crippen LogP contribution in [0.25, 0.3) is 0 Å². The van der Waals surface area contributed by atoms with Crippen molar-refractivity contribution in [3.8, 4) is 0 Å². The van der Waals surface area contributed by atoms with E-state index in [2.05, 4.69) is 5.32 Å². The maximum absolute atomic E-state index is 10.8. The van der Waals surface area contributed by atoms with Crippen molar-refractivity contribution in [2.45, 2.75) is 0 Å². The smallest absolute Gasteiger partial charge is 0.230 e. The number of hydrogen-bond acceptors (Lipinski definition) is 3. The zero-order chi connectivity index (χ0) is 7.30. The van der Waals surface area contributed by atoms with Crippen molar-refractivity contribution in [2.24, 2.45) is 17.8 Å². The van der Waals surface area contributed by atoms with Crippen LogP contribution in [-0.4, -0.2) is 23.5 Å². The zero-order valence-corrected chi connectivity index (χ0v) is 5.20. The van der Waals surface area contributed by atoms with E-state index in [1.54, 1.807) is 0 Å². The first kappa shape index (κ1) is 5.85. The molecule has 0 aromatic carbocycles. The third-order valence-electron chi connectivity index (χ3n) is 2.23. The Morgan fingerprint density at radius 3 is 2.10 bits per heavy atom. The molecule has 0 aromatic rings. The molecule has 0 aromatic heterocycles. The Morgan fingerprint density at radius 1 is 1.30 bits per heavy atom. The number of piperidine rings is 1. The maximum Gasteiger partial charge on any atom is 0.230 e. The normalized spacial score (nSPS) is 43.1. The second kappa shape index (κ2) is 1.58. The van der Waals surface area contributed by atoms with Crippen LogP contribution in [0.5, 0.6) is 0 Å². The number of imide groups is 1. The predicted octanol–water partition coefficient (Wildman–Crippen LogP) is -1.50. The molecule has 0 bridgehead atoms. The van der Waals surface area contributed by atoms with Crippen LogP contribution in [0, 0.1) is 17.8 Å². The molecule has 2 amide bonds. The van der Waals surface area contributed by atoms with Gasteiger partial charge in [-0.3, -0.25) is 14.9 Å². The molecule has 1 unspecified atom stereocenters. The van der Waals surface area contributed by atoms with Gasteiger partial charge in [0.15, 0.2) is 0 Å². The van der Waals surface area contributed by atoms with E-state index < -0.39 is 0 Å². The molecule has 1 saturated heterocycles. The minimum absolute atomic E-state index is 0.0471. The van der Waals surface area contributed by atoms with Crippen molar-refractivity contribution in [2.75, 3.05) is 6.61 Å². The molecular weight excluding hydrogens is 134 g/mol. The summed E-state index contributed by atoms with van der Waals surface area (Å²) in [5, 5.41) is 10.8. The molecule has 3 atom stereocenters. The van der Waals surface area contributed by atoms with Gasteiger partial charge in [0, 0.05) is 12.5 Å². The van der Waals surface area contributed by atoms with Crippen LogP contribution >= 0.6 is 0 Å². The highest BCUT2D eigenvalue weighted by atomic mass is 16.3. The fourth-order valence-corrected chi connectivity index (χ4v) is 1.60. The van der Waals surface area contributed by atoms with Gasteiger partial charge in [-0.05, 0) is 0 Å². The number of carbonyl (C=O) groups is 2. The minimum Gasteiger partial charge on any atom is -0.396 e. The average Bonchev–Trinajstić information content (AvgIpc) is 2.53. The van der Waals surface area contributed by atoms with Gasteiger partial charge in [0.05, 0.1) is 11.8 Å². The summed E-state index contributed by atoms with van der Waals surface area (Å²) in [6.07, 6.45) is 0. The number of fused-ring (bicyclic) bond motifs is 1. The first-order valence-corrected chi connectivity index (χ1v) is 3.21. The number of nitrogens with one attached hydrogen (secondary N) is 1. The van der Waals surface area contributed by atoms with Crippen molar-refractivity contribution in [1.82, 2.24) is 5.32 Å². The lowest BCUT2D eigenvalue weighted by Gasteiger charge is -1.97. The number of amides is 2. The molecule has 2 rings (SSSR count). The van der Waals surface area contributed by atoms with Crippen molar-refractivity contribution in [3.63, 3.8) is 0 Å². The van der Waals surface area contributed by atoms with Crippen LogP contribution in [0.2, 0.25) is 0 Å². The quantitative estimate of drug-likeness (QED) is 0.436. The molecule has 4 heteroatoms. The number of carbonyl (C=O) groups excluding carboxylic acids is 2. The van der Waals surface area contributed by atoms with E-state index in [9.17, 15) is 9.59 Å². The maximum atomic E-state index is 10.8. The summed E-state index contributed by atoms with van der Waals surface area (Å²) in [5.74, 6) is -0.931. The third kappa shape index (κ3) is 0.495. The van der Waals surface area contributed by atoms with E-state index in [1.807, 2.05) is 0 Å². The van der Waals surface area contributed by atoms with Crippen LogP contribution < -0.4 is 5.32 Å². The van der Waals surface area contributed by atoms with Crippen molar-refractivity contribution >= 4 is 11.8 Å². The van der Waals surface area contributed by atoms with Crippen molar-refractivity contribution in [1.29, 1.82) is 0 Å². The van der Waals surface area contributed by atoms with Gasteiger partial charge in [0.2, 0.25) is 11.8 Å². The second-order valence-electron chi connectivity index (χ2n) is 2.75. The fourth-order valence-electron chi connectivity index (χ4n) is 1.60. The summed E-state index contributed by atoms with van der Waals surface area (Å²) in [6, 6.07) is 0. The molecule has 0 spiro atoms. The molecule has 1 heterocycles. The van der Waals surface area contributed by atoms with Gasteiger partial charge in [-0.25, -0.2) is 0 Å². The number of aliphatic hydroxyl groups excluding tert-OH is 1. The molecular formula is C6H7NO3. The molecule has 2 fully saturated rings. The van der Waals surface area contributed by atoms with Gasteiger partial charge in [0.25, 0.3) is 0 Å². The molecule has 54 valence electrons. The monoisotopic (exact) mass is 141 g/mol. The van der Waals surface area contributed by atoms with E-state index in [4.69, 9.17) is 5.11 Å². The fraction of sp³-hybridized carbons (Fsp3) is 0.667. The minimum atomic E-state index is -0.214. The van der Waals surface area contributed by atoms with E-state index in [-0.39, 0.29) is 36.2 Å². The largest absolute Gasteiger partial charge is 0.396 e. The zero-order valence-electron chi connectivity index (χ0n) is 5.20. The summed E-state index contributed by atoms with van der Waals surface area (Å²) >= 11 is 0. The molecule has 2 N–H and O–H groups in total. The number of rotatable bonds is 1. The Balaban J connectivity index is 2.17. The van der Waals surface area contributed by atoms with E-state index in [1.165, 1.54) is 0 Å². The Kier molecular flexibility index (Phi) is 0.922. The van der Waals surface area contributed by atoms with Gasteiger partial charge in [-0.15, -0.1) is 0 Å². The lowest BCUT2D eigenvalue weighted by atomic mass is 10.3. The van der Waals surface area contributed by atoms with Gasteiger partial charge < -0.3 is 5.11 Å². The van der Waals surface area contributed by atoms with Gasteiger partial charge in [-0.2, -0.15) is 0 Å². The molecule has 10 heavy (non-hydrogen) atoms. The van der Waals surface area contributed by atoms with Crippen molar-refractivity contribution in [3.05, 3.63) is 0 Å². The van der Waals surface area contributed by atoms with Crippen LogP contribution in [0.3, 0.4) is 0 Å². The van der Waals surface area contributed by atoms with E-state index in [0.29, 0.717) is 0 Å². The SMILES string of the molecule is O=C1NC(=O)[C@H]2C(CO)[C@@H]12. The summed E-state index contributed by atoms with van der Waals surface area (Å²) in [5.41, 5.74) is 0. The Hall–Kier alpha value is -0.900. The van der Waals surface area contributed by atoms with Crippen molar-refractivity contribution < 1.29 is 14.7 Å². The van der Waals surface area contributed by atoms with Crippen LogP contribution in [0.4, 0.5) is 0 Å². The molecule has 2 aliphatic rings. The summed E-state index contributed by atoms with van der Waals surface area (Å²) in [7, 11) is 0. The number of hydrogen-bond donors (Lipinski definition) is 2. The molecule has 1 aliphatic carbocycles. The molecule has 1 aliphatic heterocycles. The lowest BCUT2D eigenvalue weighted by Crippen LogP contribution is -2.28. The topological polar surface area (TPSA) is 66.4 Å². The lowest BCUT2D eigenvalue weighted by molar-refractivity contribution is -0.128. The van der Waals surface area contributed by atoms with Gasteiger partial charge >= 0.3 is 0 Å². The standard InChI is InChI=1S/C6H7NO3/c8-1-2-3-4(2)6(10)7-5(3)9/h2-4,8H,1H2,(H,7,9,10)/t2?,3-,4+. The summed E-state index contributed by atoms with van der Waals surface area (Å²) in [6.45, 7) is -0.0471. The first-order valence-electron chi connectivity index (χ1n) is 3.21. The van der Waals surface area contributed by atoms with Crippen LogP contribution in [-0.2, 0) is 9.59 Å². The molecule has 0 radical (unpaired) electrons. The summed E-state index contributed by atoms with van der Waals surface area (Å²) < 4.78 is 0. The average molecular weight is 141 g/mol.